The molecule has 6 nitrogen and oxygen atoms in total. The molecule has 2 aromatic carbocycles. The lowest BCUT2D eigenvalue weighted by atomic mass is 10.1. The minimum atomic E-state index is -0.0481. The summed E-state index contributed by atoms with van der Waals surface area (Å²) in [7, 11) is 0. The Hall–Kier alpha value is -2.35. The van der Waals surface area contributed by atoms with Gasteiger partial charge in [0.25, 0.3) is 0 Å². The molecule has 3 aromatic rings. The summed E-state index contributed by atoms with van der Waals surface area (Å²) in [6.07, 6.45) is 3.73. The van der Waals surface area contributed by atoms with Gasteiger partial charge in [-0.25, -0.2) is 0 Å². The van der Waals surface area contributed by atoms with Gasteiger partial charge in [0.15, 0.2) is 11.0 Å². The number of amides is 1. The lowest BCUT2D eigenvalue weighted by Crippen LogP contribution is -2.30. The molecule has 1 aliphatic heterocycles. The maximum Gasteiger partial charge on any atom is 0.230 e. The van der Waals surface area contributed by atoms with Crippen LogP contribution < -0.4 is 5.32 Å². The van der Waals surface area contributed by atoms with Crippen LogP contribution in [0.2, 0.25) is 5.02 Å². The molecule has 0 saturated carbocycles. The molecule has 1 N–H and O–H groups in total. The first kappa shape index (κ1) is 22.8. The zero-order chi connectivity index (χ0) is 22.3. The van der Waals surface area contributed by atoms with Crippen LogP contribution in [0, 0.1) is 0 Å². The van der Waals surface area contributed by atoms with Crippen molar-refractivity contribution in [2.75, 3.05) is 18.8 Å². The lowest BCUT2D eigenvalue weighted by Gasteiger charge is -2.26. The standard InChI is InChI=1S/C24H28ClN5OS/c1-18(19-8-4-2-5-9-19)26-23(31)17-32-24-28-27-22(16-29-14-6-3-7-15-29)30(24)21-12-10-20(25)11-13-21/h2,4-5,8-13,18H,3,6-7,14-17H2,1H3,(H,26,31). The topological polar surface area (TPSA) is 63.1 Å². The number of likely N-dealkylation sites (tertiary alicyclic amines) is 1. The van der Waals surface area contributed by atoms with Crippen molar-refractivity contribution in [3.05, 3.63) is 71.0 Å². The molecular weight excluding hydrogens is 442 g/mol. The zero-order valence-electron chi connectivity index (χ0n) is 18.2. The zero-order valence-corrected chi connectivity index (χ0v) is 19.8. The predicted octanol–water partition coefficient (Wildman–Crippen LogP) is 4.88. The molecule has 1 atom stereocenters. The number of halogens is 1. The fraction of sp³-hybridized carbons (Fsp3) is 0.375. The first-order chi connectivity index (χ1) is 15.6. The maximum absolute atomic E-state index is 12.6. The van der Waals surface area contributed by atoms with Crippen LogP contribution in [-0.4, -0.2) is 44.4 Å². The van der Waals surface area contributed by atoms with Crippen molar-refractivity contribution in [2.45, 2.75) is 43.9 Å². The first-order valence-corrected chi connectivity index (χ1v) is 12.4. The lowest BCUT2D eigenvalue weighted by molar-refractivity contribution is -0.119. The summed E-state index contributed by atoms with van der Waals surface area (Å²) in [5.41, 5.74) is 2.03. The number of benzene rings is 2. The van der Waals surface area contributed by atoms with E-state index in [0.717, 1.165) is 36.7 Å². The molecule has 2 heterocycles. The molecular formula is C24H28ClN5OS. The fourth-order valence-corrected chi connectivity index (χ4v) is 4.81. The number of carbonyl (C=O) groups excluding carboxylic acids is 1. The van der Waals surface area contributed by atoms with E-state index in [9.17, 15) is 4.79 Å². The highest BCUT2D eigenvalue weighted by atomic mass is 35.5. The van der Waals surface area contributed by atoms with E-state index in [-0.39, 0.29) is 17.7 Å². The Labute approximate surface area is 198 Å². The Kier molecular flexibility index (Phi) is 7.84. The molecule has 1 amide bonds. The summed E-state index contributed by atoms with van der Waals surface area (Å²) >= 11 is 7.50. The van der Waals surface area contributed by atoms with E-state index in [1.165, 1.54) is 31.0 Å². The highest BCUT2D eigenvalue weighted by Gasteiger charge is 2.20. The minimum Gasteiger partial charge on any atom is -0.349 e. The van der Waals surface area contributed by atoms with E-state index in [0.29, 0.717) is 10.2 Å². The van der Waals surface area contributed by atoms with Gasteiger partial charge >= 0.3 is 0 Å². The smallest absolute Gasteiger partial charge is 0.230 e. The molecule has 1 unspecified atom stereocenters. The molecule has 0 aliphatic carbocycles. The van der Waals surface area contributed by atoms with Crippen molar-refractivity contribution in [3.63, 3.8) is 0 Å². The van der Waals surface area contributed by atoms with E-state index in [1.807, 2.05) is 66.1 Å². The van der Waals surface area contributed by atoms with Crippen LogP contribution in [0.1, 0.15) is 43.6 Å². The van der Waals surface area contributed by atoms with E-state index < -0.39 is 0 Å². The Bertz CT molecular complexity index is 1020. The Morgan fingerprint density at radius 1 is 1.06 bits per heavy atom. The third-order valence-corrected chi connectivity index (χ3v) is 6.79. The molecule has 1 saturated heterocycles. The van der Waals surface area contributed by atoms with Gasteiger partial charge in [0, 0.05) is 10.7 Å². The number of aromatic nitrogens is 3. The Morgan fingerprint density at radius 2 is 1.78 bits per heavy atom. The fourth-order valence-electron chi connectivity index (χ4n) is 3.90. The average Bonchev–Trinajstić information content (AvgIpc) is 3.21. The van der Waals surface area contributed by atoms with Crippen molar-refractivity contribution in [1.82, 2.24) is 25.0 Å². The van der Waals surface area contributed by atoms with Crippen LogP contribution >= 0.6 is 23.4 Å². The maximum atomic E-state index is 12.6. The van der Waals surface area contributed by atoms with Gasteiger partial charge in [-0.1, -0.05) is 60.1 Å². The molecule has 1 aromatic heterocycles. The van der Waals surface area contributed by atoms with Crippen LogP contribution in [0.5, 0.6) is 0 Å². The number of carbonyl (C=O) groups is 1. The van der Waals surface area contributed by atoms with Crippen molar-refractivity contribution >= 4 is 29.3 Å². The second kappa shape index (κ2) is 11.0. The molecule has 1 fully saturated rings. The SMILES string of the molecule is CC(NC(=O)CSc1nnc(CN2CCCCC2)n1-c1ccc(Cl)cc1)c1ccccc1. The number of thioether (sulfide) groups is 1. The summed E-state index contributed by atoms with van der Waals surface area (Å²) in [5.74, 6) is 1.12. The normalized spacial score (nSPS) is 15.4. The molecule has 0 spiro atoms. The van der Waals surface area contributed by atoms with Crippen LogP contribution in [0.25, 0.3) is 5.69 Å². The predicted molar refractivity (Wildman–Crippen MR) is 129 cm³/mol. The Morgan fingerprint density at radius 3 is 2.50 bits per heavy atom. The van der Waals surface area contributed by atoms with Gasteiger partial charge in [-0.3, -0.25) is 14.3 Å². The van der Waals surface area contributed by atoms with E-state index in [4.69, 9.17) is 11.6 Å². The number of hydrogen-bond acceptors (Lipinski definition) is 5. The number of nitrogens with one attached hydrogen (secondary N) is 1. The Balaban J connectivity index is 1.47. The molecule has 4 rings (SSSR count). The van der Waals surface area contributed by atoms with E-state index in [1.54, 1.807) is 0 Å². The largest absolute Gasteiger partial charge is 0.349 e. The highest BCUT2D eigenvalue weighted by Crippen LogP contribution is 2.25. The molecule has 168 valence electrons. The monoisotopic (exact) mass is 469 g/mol. The van der Waals surface area contributed by atoms with Crippen LogP contribution in [0.4, 0.5) is 0 Å². The average molecular weight is 470 g/mol. The second-order valence-electron chi connectivity index (χ2n) is 8.04. The van der Waals surface area contributed by atoms with Gasteiger partial charge in [0.2, 0.25) is 5.91 Å². The molecule has 1 aliphatic rings. The van der Waals surface area contributed by atoms with Gasteiger partial charge in [0.1, 0.15) is 0 Å². The van der Waals surface area contributed by atoms with E-state index >= 15 is 0 Å². The number of nitrogens with zero attached hydrogens (tertiary/aromatic N) is 4. The number of piperidine rings is 1. The molecule has 32 heavy (non-hydrogen) atoms. The molecule has 0 radical (unpaired) electrons. The van der Waals surface area contributed by atoms with Gasteiger partial charge in [-0.2, -0.15) is 0 Å². The van der Waals surface area contributed by atoms with Crippen molar-refractivity contribution in [3.8, 4) is 5.69 Å². The van der Waals surface area contributed by atoms with Crippen molar-refractivity contribution in [1.29, 1.82) is 0 Å². The summed E-state index contributed by atoms with van der Waals surface area (Å²) in [5, 5.41) is 13.4. The second-order valence-corrected chi connectivity index (χ2v) is 9.41. The number of hydrogen-bond donors (Lipinski definition) is 1. The summed E-state index contributed by atoms with van der Waals surface area (Å²) in [6, 6.07) is 17.6. The number of rotatable bonds is 8. The van der Waals surface area contributed by atoms with Crippen LogP contribution in [-0.2, 0) is 11.3 Å². The quantitative estimate of drug-likeness (QED) is 0.476. The summed E-state index contributed by atoms with van der Waals surface area (Å²) in [6.45, 7) is 4.89. The van der Waals surface area contributed by atoms with Crippen molar-refractivity contribution in [2.24, 2.45) is 0 Å². The minimum absolute atomic E-state index is 0.0328. The highest BCUT2D eigenvalue weighted by molar-refractivity contribution is 7.99. The third-order valence-electron chi connectivity index (χ3n) is 5.61. The van der Waals surface area contributed by atoms with Gasteiger partial charge in [0.05, 0.1) is 18.3 Å². The van der Waals surface area contributed by atoms with E-state index in [2.05, 4.69) is 20.4 Å². The third kappa shape index (κ3) is 5.91. The van der Waals surface area contributed by atoms with Gasteiger partial charge in [-0.05, 0) is 62.7 Å². The van der Waals surface area contributed by atoms with Gasteiger partial charge < -0.3 is 5.32 Å². The summed E-state index contributed by atoms with van der Waals surface area (Å²) < 4.78 is 2.05. The van der Waals surface area contributed by atoms with Crippen LogP contribution in [0.15, 0.2) is 59.8 Å². The summed E-state index contributed by atoms with van der Waals surface area (Å²) in [4.78, 5) is 15.0. The van der Waals surface area contributed by atoms with Crippen molar-refractivity contribution < 1.29 is 4.79 Å². The first-order valence-electron chi connectivity index (χ1n) is 11.0. The molecule has 0 bridgehead atoms. The van der Waals surface area contributed by atoms with Gasteiger partial charge in [-0.15, -0.1) is 10.2 Å². The molecule has 8 heteroatoms. The van der Waals surface area contributed by atoms with Crippen LogP contribution in [0.3, 0.4) is 0 Å².